The number of hydrogen-bond acceptors (Lipinski definition) is 0. The molecule has 297 valence electrons. The van der Waals surface area contributed by atoms with Gasteiger partial charge in [0, 0.05) is 20.1 Å². The van der Waals surface area contributed by atoms with E-state index in [4.69, 9.17) is 0 Å². The van der Waals surface area contributed by atoms with Gasteiger partial charge in [0.2, 0.25) is 0 Å². The van der Waals surface area contributed by atoms with Crippen molar-refractivity contribution in [3.8, 4) is 0 Å². The van der Waals surface area contributed by atoms with Crippen LogP contribution < -0.4 is 42.4 Å². The Labute approximate surface area is 386 Å². The van der Waals surface area contributed by atoms with Gasteiger partial charge in [-0.2, -0.15) is 0 Å². The van der Waals surface area contributed by atoms with E-state index < -0.39 is 31.7 Å². The van der Waals surface area contributed by atoms with Gasteiger partial charge >= 0.3 is 28.4 Å². The van der Waals surface area contributed by atoms with Gasteiger partial charge in [-0.15, -0.1) is 0 Å². The van der Waals surface area contributed by atoms with Crippen LogP contribution in [0.2, 0.25) is 0 Å². The Balaban J connectivity index is 0.000000212. The topological polar surface area (TPSA) is 0 Å². The molecule has 59 heavy (non-hydrogen) atoms. The molecule has 0 aromatic heterocycles. The zero-order valence-corrected chi connectivity index (χ0v) is 42.9. The second kappa shape index (κ2) is 27.2. The normalized spacial score (nSPS) is 10.6. The fraction of sp³-hybridized carbons (Fsp3) is 0.0769. The van der Waals surface area contributed by atoms with Crippen LogP contribution in [-0.4, -0.2) is 53.0 Å². The van der Waals surface area contributed by atoms with E-state index in [0.29, 0.717) is 0 Å². The minimum absolute atomic E-state index is 0. The third kappa shape index (κ3) is 14.7. The van der Waals surface area contributed by atoms with Crippen molar-refractivity contribution in [3.05, 3.63) is 243 Å². The van der Waals surface area contributed by atoms with Crippen LogP contribution in [0.5, 0.6) is 0 Å². The van der Waals surface area contributed by atoms with Gasteiger partial charge in [0.05, 0.1) is 74.1 Å². The zero-order chi connectivity index (χ0) is 40.0. The second-order valence-corrected chi connectivity index (χ2v) is 24.3. The summed E-state index contributed by atoms with van der Waals surface area (Å²) >= 11 is 5.00. The number of benzene rings is 8. The Kier molecular flexibility index (Phi) is 21.8. The fourth-order valence-electron chi connectivity index (χ4n) is 7.44. The summed E-state index contributed by atoms with van der Waals surface area (Å²) in [5, 5.41) is 12.1. The standard InChI is InChI=1S/2C26H24P2.Ir.Se2/c2*1-5-13-23(14-6-1)27(24-15-7-2-8-16-24)21-22-28(25-17-9-3-10-18-25)26-19-11-4-12-20-26;;1-2/h2*1-20H,21-22H2;;/p+4. The smallest absolute Gasteiger partial charge is 0.0620 e. The summed E-state index contributed by atoms with van der Waals surface area (Å²) in [5.41, 5.74) is 0. The molecule has 8 aromatic rings. The molecule has 3 radical (unpaired) electrons. The summed E-state index contributed by atoms with van der Waals surface area (Å²) in [6, 6.07) is 89.0. The monoisotopic (exact) mass is 1150 g/mol. The van der Waals surface area contributed by atoms with E-state index in [1.54, 1.807) is 0 Å². The van der Waals surface area contributed by atoms with Crippen LogP contribution in [0.4, 0.5) is 0 Å². The fourth-order valence-corrected chi connectivity index (χ4v) is 19.8. The molecule has 0 aliphatic rings. The molecule has 0 aliphatic heterocycles. The van der Waals surface area contributed by atoms with Gasteiger partial charge < -0.3 is 0 Å². The SMILES string of the molecule is [Ir].[Se][Se].c1ccc([PH+](CC[PH+](c2ccccc2)c2ccccc2)c2ccccc2)cc1.c1ccc([PH+](CC[PH+](c2ccccc2)c2ccccc2)c2ccccc2)cc1. The van der Waals surface area contributed by atoms with E-state index in [1.807, 2.05) is 0 Å². The molecule has 0 aliphatic carbocycles. The Morgan fingerprint density at radius 2 is 0.305 bits per heavy atom. The van der Waals surface area contributed by atoms with Crippen LogP contribution in [0.25, 0.3) is 0 Å². The summed E-state index contributed by atoms with van der Waals surface area (Å²) in [4.78, 5) is 0. The maximum absolute atomic E-state index is 2.50. The van der Waals surface area contributed by atoms with E-state index in [2.05, 4.69) is 271 Å². The van der Waals surface area contributed by atoms with Gasteiger partial charge in [0.15, 0.2) is 0 Å². The summed E-state index contributed by atoms with van der Waals surface area (Å²) in [6.45, 7) is 0. The third-order valence-corrected chi connectivity index (χ3v) is 22.5. The first-order valence-corrected chi connectivity index (χ1v) is 31.0. The second-order valence-electron chi connectivity index (χ2n) is 13.8. The molecule has 0 bridgehead atoms. The van der Waals surface area contributed by atoms with Crippen molar-refractivity contribution in [2.75, 3.05) is 24.6 Å². The van der Waals surface area contributed by atoms with Gasteiger partial charge in [-0.1, -0.05) is 146 Å². The van der Waals surface area contributed by atoms with Crippen molar-refractivity contribution in [3.63, 3.8) is 0 Å². The van der Waals surface area contributed by atoms with Gasteiger partial charge in [0.25, 0.3) is 0 Å². The van der Waals surface area contributed by atoms with Crippen molar-refractivity contribution < 1.29 is 20.1 Å². The molecule has 0 unspecified atom stereocenters. The quantitative estimate of drug-likeness (QED) is 0.0757. The number of hydrogen-bond donors (Lipinski definition) is 0. The Morgan fingerprint density at radius 1 is 0.203 bits per heavy atom. The first kappa shape index (κ1) is 47.2. The van der Waals surface area contributed by atoms with Gasteiger partial charge in [-0.25, -0.2) is 0 Å². The molecule has 0 fully saturated rings. The van der Waals surface area contributed by atoms with Crippen molar-refractivity contribution >= 4 is 102 Å². The van der Waals surface area contributed by atoms with Gasteiger partial charge in [-0.05, 0) is 97.1 Å². The van der Waals surface area contributed by atoms with Gasteiger partial charge in [-0.3, -0.25) is 0 Å². The minimum atomic E-state index is -0.783. The van der Waals surface area contributed by atoms with Crippen LogP contribution in [0.15, 0.2) is 243 Å². The molecule has 0 amide bonds. The maximum atomic E-state index is 2.50. The van der Waals surface area contributed by atoms with Crippen LogP contribution in [0, 0.1) is 0 Å². The molecular formula is C52H52IrP4Se2+4. The largest absolute Gasteiger partial charge is 0.101 e. The molecule has 0 saturated carbocycles. The first-order valence-electron chi connectivity index (χ1n) is 19.9. The van der Waals surface area contributed by atoms with Crippen LogP contribution in [0.3, 0.4) is 0 Å². The molecule has 0 nitrogen and oxygen atoms in total. The van der Waals surface area contributed by atoms with Crippen molar-refractivity contribution in [2.45, 2.75) is 0 Å². The number of rotatable bonds is 14. The van der Waals surface area contributed by atoms with Crippen molar-refractivity contribution in [1.29, 1.82) is 0 Å². The van der Waals surface area contributed by atoms with E-state index in [-0.39, 0.29) is 20.1 Å². The zero-order valence-electron chi connectivity index (χ0n) is 33.1. The maximum Gasteiger partial charge on any atom is 0.101 e. The summed E-state index contributed by atoms with van der Waals surface area (Å²) in [5.74, 6) is 0. The minimum Gasteiger partial charge on any atom is -0.0620 e. The Hall–Kier alpha value is -2.83. The molecule has 0 N–H and O–H groups in total. The molecule has 0 saturated heterocycles. The third-order valence-electron chi connectivity index (χ3n) is 10.2. The van der Waals surface area contributed by atoms with Crippen molar-refractivity contribution in [2.24, 2.45) is 0 Å². The molecule has 8 aromatic carbocycles. The van der Waals surface area contributed by atoms with Crippen LogP contribution in [0.1, 0.15) is 0 Å². The summed E-state index contributed by atoms with van der Waals surface area (Å²) in [7, 11) is -3.13. The molecule has 0 atom stereocenters. The average Bonchev–Trinajstić information content (AvgIpc) is 3.32. The van der Waals surface area contributed by atoms with Crippen LogP contribution in [-0.2, 0) is 20.1 Å². The van der Waals surface area contributed by atoms with Crippen LogP contribution >= 0.6 is 31.7 Å². The van der Waals surface area contributed by atoms with E-state index >= 15 is 0 Å². The molecule has 0 spiro atoms. The molecule has 0 heterocycles. The molecule has 8 rings (SSSR count). The summed E-state index contributed by atoms with van der Waals surface area (Å²) in [6.07, 6.45) is 5.04. The molecule has 7 heteroatoms. The molecular weight excluding hydrogens is 1100 g/mol. The summed E-state index contributed by atoms with van der Waals surface area (Å²) < 4.78 is 0. The predicted octanol–water partition coefficient (Wildman–Crippen LogP) is 8.67. The average molecular weight is 1150 g/mol. The Morgan fingerprint density at radius 3 is 0.407 bits per heavy atom. The van der Waals surface area contributed by atoms with Gasteiger partial charge in [0.1, 0.15) is 24.6 Å². The first-order chi connectivity index (χ1) is 28.8. The van der Waals surface area contributed by atoms with E-state index in [0.717, 1.165) is 0 Å². The van der Waals surface area contributed by atoms with Crippen molar-refractivity contribution in [1.82, 2.24) is 0 Å². The van der Waals surface area contributed by atoms with E-state index in [9.17, 15) is 0 Å². The van der Waals surface area contributed by atoms with E-state index in [1.165, 1.54) is 67.1 Å². The predicted molar refractivity (Wildman–Crippen MR) is 273 cm³/mol. The Bertz CT molecular complexity index is 1770.